The third kappa shape index (κ3) is 1.77. The van der Waals surface area contributed by atoms with Crippen molar-refractivity contribution in [3.05, 3.63) is 5.56 Å². The Balaban J connectivity index is 2.33. The van der Waals surface area contributed by atoms with E-state index >= 15 is 0 Å². The van der Waals surface area contributed by atoms with Crippen LogP contribution in [0.3, 0.4) is 0 Å². The van der Waals surface area contributed by atoms with Gasteiger partial charge in [0.05, 0.1) is 0 Å². The van der Waals surface area contributed by atoms with Crippen LogP contribution in [0.4, 0.5) is 10.8 Å². The van der Waals surface area contributed by atoms with Crippen molar-refractivity contribution in [3.8, 4) is 0 Å². The third-order valence-corrected chi connectivity index (χ3v) is 3.52. The van der Waals surface area contributed by atoms with E-state index < -0.39 is 0 Å². The van der Waals surface area contributed by atoms with Gasteiger partial charge >= 0.3 is 0 Å². The summed E-state index contributed by atoms with van der Waals surface area (Å²) >= 11 is 1.29. The van der Waals surface area contributed by atoms with Crippen LogP contribution in [0.5, 0.6) is 0 Å². The molecule has 82 valence electrons. The molecule has 15 heavy (non-hydrogen) atoms. The van der Waals surface area contributed by atoms with E-state index in [2.05, 4.69) is 14.6 Å². The number of hydrogen-bond acceptors (Lipinski definition) is 5. The highest BCUT2D eigenvalue weighted by Gasteiger charge is 2.31. The average Bonchev–Trinajstić information content (AvgIpc) is 3.00. The van der Waals surface area contributed by atoms with E-state index in [0.717, 1.165) is 5.00 Å². The normalized spacial score (nSPS) is 15.1. The van der Waals surface area contributed by atoms with Gasteiger partial charge in [-0.25, -0.2) is 0 Å². The first-order valence-electron chi connectivity index (χ1n) is 4.85. The molecule has 0 radical (unpaired) electrons. The molecule has 1 amide bonds. The molecule has 0 aliphatic heterocycles. The monoisotopic (exact) mass is 226 g/mol. The van der Waals surface area contributed by atoms with Crippen molar-refractivity contribution in [2.45, 2.75) is 18.9 Å². The highest BCUT2D eigenvalue weighted by Crippen LogP contribution is 2.36. The van der Waals surface area contributed by atoms with Crippen LogP contribution >= 0.6 is 11.5 Å². The van der Waals surface area contributed by atoms with Gasteiger partial charge in [-0.1, -0.05) is 0 Å². The molecule has 1 aromatic heterocycles. The summed E-state index contributed by atoms with van der Waals surface area (Å²) in [7, 11) is 3.58. The molecule has 0 bridgehead atoms. The molecular weight excluding hydrogens is 212 g/mol. The molecule has 3 N–H and O–H groups in total. The van der Waals surface area contributed by atoms with Gasteiger partial charge < -0.3 is 16.0 Å². The Hall–Kier alpha value is -1.30. The highest BCUT2D eigenvalue weighted by atomic mass is 32.1. The molecule has 1 heterocycles. The minimum atomic E-state index is -0.163. The first kappa shape index (κ1) is 10.2. The van der Waals surface area contributed by atoms with Crippen LogP contribution in [0.25, 0.3) is 0 Å². The quantitative estimate of drug-likeness (QED) is 0.795. The number of carbonyl (C=O) groups excluding carboxylic acids is 1. The molecule has 6 heteroatoms. The largest absolute Gasteiger partial charge is 0.382 e. The van der Waals surface area contributed by atoms with Crippen LogP contribution < -0.4 is 16.0 Å². The van der Waals surface area contributed by atoms with Gasteiger partial charge in [0.15, 0.2) is 5.82 Å². The maximum absolute atomic E-state index is 11.6. The number of rotatable bonds is 3. The molecule has 0 saturated heterocycles. The van der Waals surface area contributed by atoms with Gasteiger partial charge in [0.2, 0.25) is 0 Å². The summed E-state index contributed by atoms with van der Waals surface area (Å²) in [6, 6.07) is 0.549. The zero-order valence-electron chi connectivity index (χ0n) is 8.78. The number of hydrogen-bond donors (Lipinski definition) is 2. The minimum Gasteiger partial charge on any atom is -0.382 e. The summed E-state index contributed by atoms with van der Waals surface area (Å²) in [5, 5.41) is 3.45. The Labute approximate surface area is 92.4 Å². The first-order chi connectivity index (χ1) is 7.15. The number of amides is 1. The number of nitrogen functional groups attached to an aromatic ring is 1. The first-order valence-corrected chi connectivity index (χ1v) is 5.62. The molecule has 0 unspecified atom stereocenters. The van der Waals surface area contributed by atoms with Gasteiger partial charge in [-0.3, -0.25) is 4.79 Å². The second-order valence-corrected chi connectivity index (χ2v) is 4.42. The molecule has 1 aliphatic rings. The summed E-state index contributed by atoms with van der Waals surface area (Å²) in [6.07, 6.45) is 2.36. The Bertz CT molecular complexity index is 385. The number of nitrogens with zero attached hydrogens (tertiary/aromatic N) is 2. The molecule has 5 nitrogen and oxygen atoms in total. The molecular formula is C9H14N4OS. The smallest absolute Gasteiger partial charge is 0.257 e. The lowest BCUT2D eigenvalue weighted by Gasteiger charge is -2.16. The van der Waals surface area contributed by atoms with Crippen molar-refractivity contribution in [1.29, 1.82) is 0 Å². The number of nitrogens with one attached hydrogen (secondary N) is 1. The van der Waals surface area contributed by atoms with Gasteiger partial charge in [0.1, 0.15) is 10.6 Å². The van der Waals surface area contributed by atoms with E-state index in [1.165, 1.54) is 24.4 Å². The van der Waals surface area contributed by atoms with Crippen molar-refractivity contribution >= 4 is 28.3 Å². The Morgan fingerprint density at radius 3 is 2.87 bits per heavy atom. The average molecular weight is 226 g/mol. The van der Waals surface area contributed by atoms with Crippen LogP contribution in [0.15, 0.2) is 0 Å². The van der Waals surface area contributed by atoms with Gasteiger partial charge in [0, 0.05) is 20.1 Å². The minimum absolute atomic E-state index is 0.163. The third-order valence-electron chi connectivity index (χ3n) is 2.57. The number of carbonyl (C=O) groups is 1. The molecule has 1 aromatic rings. The van der Waals surface area contributed by atoms with Crippen molar-refractivity contribution < 1.29 is 4.79 Å². The SMILES string of the molecule is CNC(=O)c1c(N)nsc1N(C)C1CC1. The Morgan fingerprint density at radius 2 is 2.33 bits per heavy atom. The summed E-state index contributed by atoms with van der Waals surface area (Å²) in [6.45, 7) is 0. The van der Waals surface area contributed by atoms with Gasteiger partial charge in [-0.2, -0.15) is 4.37 Å². The zero-order chi connectivity index (χ0) is 11.0. The fourth-order valence-corrected chi connectivity index (χ4v) is 2.34. The van der Waals surface area contributed by atoms with Crippen LogP contribution in [0.1, 0.15) is 23.2 Å². The molecule has 2 rings (SSSR count). The fraction of sp³-hybridized carbons (Fsp3) is 0.556. The second kappa shape index (κ2) is 3.69. The summed E-state index contributed by atoms with van der Waals surface area (Å²) < 4.78 is 4.03. The molecule has 1 aliphatic carbocycles. The van der Waals surface area contributed by atoms with Crippen molar-refractivity contribution in [2.75, 3.05) is 24.7 Å². The Kier molecular flexibility index (Phi) is 2.52. The number of aromatic nitrogens is 1. The number of anilines is 2. The maximum Gasteiger partial charge on any atom is 0.257 e. The lowest BCUT2D eigenvalue weighted by atomic mass is 10.3. The summed E-state index contributed by atoms with van der Waals surface area (Å²) in [5.74, 6) is 0.158. The van der Waals surface area contributed by atoms with E-state index in [1.54, 1.807) is 7.05 Å². The predicted molar refractivity (Wildman–Crippen MR) is 61.3 cm³/mol. The lowest BCUT2D eigenvalue weighted by Crippen LogP contribution is -2.25. The van der Waals surface area contributed by atoms with Crippen LogP contribution in [0, 0.1) is 0 Å². The van der Waals surface area contributed by atoms with Crippen LogP contribution in [-0.4, -0.2) is 30.4 Å². The van der Waals surface area contributed by atoms with E-state index in [0.29, 0.717) is 17.4 Å². The van der Waals surface area contributed by atoms with E-state index in [9.17, 15) is 4.79 Å². The van der Waals surface area contributed by atoms with Gasteiger partial charge in [0.25, 0.3) is 5.91 Å². The molecule has 0 aromatic carbocycles. The zero-order valence-corrected chi connectivity index (χ0v) is 9.60. The van der Waals surface area contributed by atoms with Crippen molar-refractivity contribution in [1.82, 2.24) is 9.69 Å². The van der Waals surface area contributed by atoms with E-state index in [1.807, 2.05) is 7.05 Å². The van der Waals surface area contributed by atoms with E-state index in [-0.39, 0.29) is 5.91 Å². The van der Waals surface area contributed by atoms with Crippen molar-refractivity contribution in [3.63, 3.8) is 0 Å². The van der Waals surface area contributed by atoms with Gasteiger partial charge in [-0.15, -0.1) is 0 Å². The van der Waals surface area contributed by atoms with Gasteiger partial charge in [-0.05, 0) is 24.4 Å². The molecule has 1 saturated carbocycles. The van der Waals surface area contributed by atoms with Crippen LogP contribution in [-0.2, 0) is 0 Å². The fourth-order valence-electron chi connectivity index (χ4n) is 1.50. The lowest BCUT2D eigenvalue weighted by molar-refractivity contribution is 0.0964. The summed E-state index contributed by atoms with van der Waals surface area (Å²) in [4.78, 5) is 13.7. The topological polar surface area (TPSA) is 71.2 Å². The van der Waals surface area contributed by atoms with Crippen molar-refractivity contribution in [2.24, 2.45) is 0 Å². The second-order valence-electron chi connectivity index (χ2n) is 3.67. The standard InChI is InChI=1S/C9H14N4OS/c1-11-8(14)6-7(10)12-15-9(6)13(2)5-3-4-5/h5H,3-4H2,1-2H3,(H2,10,12)(H,11,14). The highest BCUT2D eigenvalue weighted by molar-refractivity contribution is 7.11. The molecule has 0 atom stereocenters. The Morgan fingerprint density at radius 1 is 1.67 bits per heavy atom. The molecule has 1 fully saturated rings. The number of nitrogens with two attached hydrogens (primary N) is 1. The predicted octanol–water partition coefficient (Wildman–Crippen LogP) is 0.683. The maximum atomic E-state index is 11.6. The molecule has 0 spiro atoms. The van der Waals surface area contributed by atoms with Crippen LogP contribution in [0.2, 0.25) is 0 Å². The summed E-state index contributed by atoms with van der Waals surface area (Å²) in [5.41, 5.74) is 6.20. The van der Waals surface area contributed by atoms with E-state index in [4.69, 9.17) is 5.73 Å².